The predicted molar refractivity (Wildman–Crippen MR) is 119 cm³/mol. The molecule has 30 heavy (non-hydrogen) atoms. The van der Waals surface area contributed by atoms with Crippen LogP contribution < -0.4 is 16.2 Å². The van der Waals surface area contributed by atoms with E-state index in [4.69, 9.17) is 11.6 Å². The second kappa shape index (κ2) is 10.1. The van der Waals surface area contributed by atoms with Crippen molar-refractivity contribution in [1.29, 1.82) is 0 Å². The number of carbonyl (C=O) groups excluding carboxylic acids is 2. The molecule has 3 aromatic rings. The number of aromatic nitrogens is 2. The maximum absolute atomic E-state index is 12.4. The minimum absolute atomic E-state index is 0.0565. The summed E-state index contributed by atoms with van der Waals surface area (Å²) < 4.78 is 0. The normalized spacial score (nSPS) is 10.5. The van der Waals surface area contributed by atoms with Gasteiger partial charge in [-0.15, -0.1) is 0 Å². The average Bonchev–Trinajstić information content (AvgIpc) is 2.65. The standard InChI is InChI=1S/C21H19ClN4O3S/c1-13(27)23-16-6-3-7-17(9-16)24-19(28)10-18-11-20(29)26-21(25-18)30-12-14-4-2-5-15(22)8-14/h2-9,11H,10,12H2,1H3,(H,23,27)(H,24,28)(H,25,26,29). The summed E-state index contributed by atoms with van der Waals surface area (Å²) in [6.45, 7) is 1.41. The SMILES string of the molecule is CC(=O)Nc1cccc(NC(=O)Cc2cc(=O)[nH]c(SCc3cccc(Cl)c3)n2)c1. The van der Waals surface area contributed by atoms with Gasteiger partial charge in [-0.25, -0.2) is 4.98 Å². The smallest absolute Gasteiger partial charge is 0.251 e. The first-order chi connectivity index (χ1) is 14.4. The number of hydrogen-bond donors (Lipinski definition) is 3. The van der Waals surface area contributed by atoms with E-state index in [1.54, 1.807) is 30.3 Å². The molecule has 0 aliphatic heterocycles. The lowest BCUT2D eigenvalue weighted by Gasteiger charge is -2.08. The molecule has 2 amide bonds. The van der Waals surface area contributed by atoms with Crippen molar-refractivity contribution in [3.05, 3.63) is 81.2 Å². The van der Waals surface area contributed by atoms with E-state index in [0.29, 0.717) is 33.0 Å². The monoisotopic (exact) mass is 442 g/mol. The number of hydrogen-bond acceptors (Lipinski definition) is 5. The van der Waals surface area contributed by atoms with Crippen molar-refractivity contribution in [3.63, 3.8) is 0 Å². The van der Waals surface area contributed by atoms with Crippen molar-refractivity contribution in [2.24, 2.45) is 0 Å². The van der Waals surface area contributed by atoms with Crippen molar-refractivity contribution >= 4 is 46.6 Å². The molecule has 2 aromatic carbocycles. The van der Waals surface area contributed by atoms with Gasteiger partial charge in [0, 0.05) is 35.1 Å². The average molecular weight is 443 g/mol. The summed E-state index contributed by atoms with van der Waals surface area (Å²) in [7, 11) is 0. The third-order valence-corrected chi connectivity index (χ3v) is 5.03. The van der Waals surface area contributed by atoms with Gasteiger partial charge >= 0.3 is 0 Å². The lowest BCUT2D eigenvalue weighted by molar-refractivity contribution is -0.116. The zero-order valence-electron chi connectivity index (χ0n) is 16.1. The number of benzene rings is 2. The van der Waals surface area contributed by atoms with Gasteiger partial charge in [-0.3, -0.25) is 14.4 Å². The Morgan fingerprint density at radius 3 is 2.53 bits per heavy atom. The molecule has 0 aliphatic carbocycles. The van der Waals surface area contributed by atoms with Gasteiger partial charge in [-0.2, -0.15) is 0 Å². The zero-order valence-corrected chi connectivity index (χ0v) is 17.6. The number of halogens is 1. The van der Waals surface area contributed by atoms with Crippen molar-refractivity contribution in [1.82, 2.24) is 9.97 Å². The second-order valence-electron chi connectivity index (χ2n) is 6.45. The fraction of sp³-hybridized carbons (Fsp3) is 0.143. The van der Waals surface area contributed by atoms with Gasteiger partial charge in [0.2, 0.25) is 11.8 Å². The summed E-state index contributed by atoms with van der Waals surface area (Å²) in [4.78, 5) is 42.5. The predicted octanol–water partition coefficient (Wildman–Crippen LogP) is 3.86. The van der Waals surface area contributed by atoms with Crippen LogP contribution in [-0.2, 0) is 21.8 Å². The molecule has 154 valence electrons. The number of anilines is 2. The summed E-state index contributed by atoms with van der Waals surface area (Å²) in [6.07, 6.45) is -0.0565. The zero-order chi connectivity index (χ0) is 21.5. The molecule has 0 saturated heterocycles. The molecule has 0 unspecified atom stereocenters. The minimum Gasteiger partial charge on any atom is -0.326 e. The molecule has 1 heterocycles. The summed E-state index contributed by atoms with van der Waals surface area (Å²) in [5, 5.41) is 6.47. The number of H-pyrrole nitrogens is 1. The van der Waals surface area contributed by atoms with Gasteiger partial charge < -0.3 is 15.6 Å². The third kappa shape index (κ3) is 6.75. The van der Waals surface area contributed by atoms with Crippen LogP contribution in [0.3, 0.4) is 0 Å². The Morgan fingerprint density at radius 2 is 1.80 bits per heavy atom. The molecule has 0 bridgehead atoms. The highest BCUT2D eigenvalue weighted by atomic mass is 35.5. The molecule has 0 spiro atoms. The number of amides is 2. The van der Waals surface area contributed by atoms with E-state index < -0.39 is 0 Å². The van der Waals surface area contributed by atoms with Crippen LogP contribution in [0.25, 0.3) is 0 Å². The lowest BCUT2D eigenvalue weighted by Crippen LogP contribution is -2.18. The van der Waals surface area contributed by atoms with Gasteiger partial charge in [0.15, 0.2) is 5.16 Å². The highest BCUT2D eigenvalue weighted by Crippen LogP contribution is 2.21. The van der Waals surface area contributed by atoms with Gasteiger partial charge in [0.25, 0.3) is 5.56 Å². The summed E-state index contributed by atoms with van der Waals surface area (Å²) >= 11 is 7.34. The Kier molecular flexibility index (Phi) is 7.26. The van der Waals surface area contributed by atoms with Crippen molar-refractivity contribution in [2.45, 2.75) is 24.3 Å². The fourth-order valence-electron chi connectivity index (χ4n) is 2.67. The van der Waals surface area contributed by atoms with E-state index in [9.17, 15) is 14.4 Å². The highest BCUT2D eigenvalue weighted by molar-refractivity contribution is 7.98. The van der Waals surface area contributed by atoms with E-state index in [0.717, 1.165) is 5.56 Å². The van der Waals surface area contributed by atoms with Crippen LogP contribution in [0, 0.1) is 0 Å². The summed E-state index contributed by atoms with van der Waals surface area (Å²) in [5.41, 5.74) is 2.15. The molecule has 7 nitrogen and oxygen atoms in total. The number of aromatic amines is 1. The molecule has 3 rings (SSSR count). The van der Waals surface area contributed by atoms with Crippen molar-refractivity contribution < 1.29 is 9.59 Å². The van der Waals surface area contributed by atoms with Gasteiger partial charge in [0.1, 0.15) is 0 Å². The largest absolute Gasteiger partial charge is 0.326 e. The molecule has 0 aliphatic rings. The van der Waals surface area contributed by atoms with Crippen molar-refractivity contribution in [3.8, 4) is 0 Å². The first kappa shape index (κ1) is 21.6. The molecule has 3 N–H and O–H groups in total. The molecule has 0 radical (unpaired) electrons. The van der Waals surface area contributed by atoms with Gasteiger partial charge in [-0.05, 0) is 35.9 Å². The molecule has 0 saturated carbocycles. The van der Waals surface area contributed by atoms with Crippen LogP contribution >= 0.6 is 23.4 Å². The Balaban J connectivity index is 1.64. The number of nitrogens with zero attached hydrogens (tertiary/aromatic N) is 1. The van der Waals surface area contributed by atoms with E-state index in [1.165, 1.54) is 24.8 Å². The number of rotatable bonds is 7. The molecule has 0 atom stereocenters. The molecule has 1 aromatic heterocycles. The third-order valence-electron chi connectivity index (χ3n) is 3.85. The Labute approximate surface area is 182 Å². The van der Waals surface area contributed by atoms with E-state index in [1.807, 2.05) is 18.2 Å². The quantitative estimate of drug-likeness (QED) is 0.381. The van der Waals surface area contributed by atoms with E-state index >= 15 is 0 Å². The second-order valence-corrected chi connectivity index (χ2v) is 7.85. The first-order valence-corrected chi connectivity index (χ1v) is 10.4. The van der Waals surface area contributed by atoms with E-state index in [-0.39, 0.29) is 23.8 Å². The van der Waals surface area contributed by atoms with Crippen LogP contribution in [-0.4, -0.2) is 21.8 Å². The number of nitrogens with one attached hydrogen (secondary N) is 3. The molecule has 9 heteroatoms. The Hall–Kier alpha value is -3.10. The first-order valence-electron chi connectivity index (χ1n) is 9.02. The van der Waals surface area contributed by atoms with Crippen molar-refractivity contribution in [2.75, 3.05) is 10.6 Å². The molecule has 0 fully saturated rings. The minimum atomic E-state index is -0.325. The topological polar surface area (TPSA) is 104 Å². The van der Waals surface area contributed by atoms with Crippen LogP contribution in [0.2, 0.25) is 5.02 Å². The Morgan fingerprint density at radius 1 is 1.07 bits per heavy atom. The Bertz CT molecular complexity index is 1130. The molecular weight excluding hydrogens is 424 g/mol. The summed E-state index contributed by atoms with van der Waals surface area (Å²) in [6, 6.07) is 15.5. The highest BCUT2D eigenvalue weighted by Gasteiger charge is 2.09. The maximum Gasteiger partial charge on any atom is 0.251 e. The fourth-order valence-corrected chi connectivity index (χ4v) is 3.72. The van der Waals surface area contributed by atoms with Crippen LogP contribution in [0.1, 0.15) is 18.2 Å². The van der Waals surface area contributed by atoms with Gasteiger partial charge in [-0.1, -0.05) is 41.6 Å². The van der Waals surface area contributed by atoms with Crippen LogP contribution in [0.4, 0.5) is 11.4 Å². The van der Waals surface area contributed by atoms with Gasteiger partial charge in [0.05, 0.1) is 12.1 Å². The van der Waals surface area contributed by atoms with E-state index in [2.05, 4.69) is 20.6 Å². The van der Waals surface area contributed by atoms with Crippen LogP contribution in [0.5, 0.6) is 0 Å². The number of thioether (sulfide) groups is 1. The molecular formula is C21H19ClN4O3S. The number of carbonyl (C=O) groups is 2. The van der Waals surface area contributed by atoms with Crippen LogP contribution in [0.15, 0.2) is 64.5 Å². The maximum atomic E-state index is 12.4. The lowest BCUT2D eigenvalue weighted by atomic mass is 10.2. The summed E-state index contributed by atoms with van der Waals surface area (Å²) in [5.74, 6) is 0.0580.